The lowest BCUT2D eigenvalue weighted by Crippen LogP contribution is -2.51. The Bertz CT molecular complexity index is 984. The van der Waals surface area contributed by atoms with Gasteiger partial charge in [0.25, 0.3) is 0 Å². The summed E-state index contributed by atoms with van der Waals surface area (Å²) in [5.41, 5.74) is 1.78. The second-order valence-corrected chi connectivity index (χ2v) is 12.0. The Balaban J connectivity index is 1.64. The maximum absolute atomic E-state index is 13.9. The lowest BCUT2D eigenvalue weighted by Gasteiger charge is -2.34. The number of hydrogen-bond acceptors (Lipinski definition) is 7. The van der Waals surface area contributed by atoms with Crippen LogP contribution in [0.5, 0.6) is 0 Å². The average molecular weight is 518 g/mol. The van der Waals surface area contributed by atoms with E-state index in [4.69, 9.17) is 4.74 Å². The van der Waals surface area contributed by atoms with Gasteiger partial charge in [-0.3, -0.25) is 14.4 Å². The van der Waals surface area contributed by atoms with Crippen molar-refractivity contribution >= 4 is 40.9 Å². The predicted molar refractivity (Wildman–Crippen MR) is 142 cm³/mol. The van der Waals surface area contributed by atoms with Gasteiger partial charge in [-0.05, 0) is 77.6 Å². The van der Waals surface area contributed by atoms with Crippen LogP contribution in [0.2, 0.25) is 0 Å². The van der Waals surface area contributed by atoms with Gasteiger partial charge in [0, 0.05) is 42.4 Å². The number of fused-ring (bicyclic) bond motifs is 1. The zero-order chi connectivity index (χ0) is 26.1. The van der Waals surface area contributed by atoms with Crippen LogP contribution in [-0.4, -0.2) is 76.2 Å². The number of esters is 1. The molecule has 3 heterocycles. The van der Waals surface area contributed by atoms with Crippen molar-refractivity contribution in [2.75, 3.05) is 43.1 Å². The van der Waals surface area contributed by atoms with E-state index in [0.717, 1.165) is 25.2 Å². The lowest BCUT2D eigenvalue weighted by atomic mass is 9.66. The first-order chi connectivity index (χ1) is 17.3. The number of aliphatic hydroxyl groups is 1. The molecule has 0 aromatic heterocycles. The maximum Gasteiger partial charge on any atom is 0.311 e. The van der Waals surface area contributed by atoms with Gasteiger partial charge in [0.15, 0.2) is 0 Å². The molecular weight excluding hydrogens is 478 g/mol. The zero-order valence-corrected chi connectivity index (χ0v) is 22.6. The molecule has 3 aliphatic rings. The fourth-order valence-corrected chi connectivity index (χ4v) is 8.85. The van der Waals surface area contributed by atoms with Crippen LogP contribution in [0.1, 0.15) is 53.4 Å². The standard InChI is InChI=1S/C27H39N3O5S/c1-5-29(6-2)19-12-10-18(11-13-19)28-23(32)22-27-15-14-26(4,36-27)21(25(34)35-7-3)20(27)24(33)30(22)16-8-9-17-31/h10-13,20-22,31H,5-9,14-17H2,1-4H3,(H,28,32)/t20-,21-,22?,26+,27?/m0/s1. The van der Waals surface area contributed by atoms with Crippen molar-refractivity contribution in [1.82, 2.24) is 4.90 Å². The third-order valence-electron chi connectivity index (χ3n) is 8.14. The van der Waals surface area contributed by atoms with Crippen LogP contribution >= 0.6 is 11.8 Å². The molecule has 4 rings (SSSR count). The van der Waals surface area contributed by atoms with Crippen LogP contribution < -0.4 is 10.2 Å². The van der Waals surface area contributed by atoms with Crippen LogP contribution in [0.4, 0.5) is 11.4 Å². The Morgan fingerprint density at radius 3 is 2.47 bits per heavy atom. The van der Waals surface area contributed by atoms with E-state index in [0.29, 0.717) is 31.5 Å². The second-order valence-electron chi connectivity index (χ2n) is 10.2. The minimum absolute atomic E-state index is 0.0324. The van der Waals surface area contributed by atoms with Crippen LogP contribution in [-0.2, 0) is 19.1 Å². The third-order valence-corrected chi connectivity index (χ3v) is 10.1. The summed E-state index contributed by atoms with van der Waals surface area (Å²) in [6.45, 7) is 10.5. The van der Waals surface area contributed by atoms with Gasteiger partial charge < -0.3 is 25.0 Å². The SMILES string of the molecule is CCOC(=O)[C@@H]1[C@H]2C(=O)N(CCCCO)C(C(=O)Nc3ccc(N(CC)CC)cc3)C23CC[C@@]1(C)S3. The fraction of sp³-hybridized carbons (Fsp3) is 0.667. The first-order valence-corrected chi connectivity index (χ1v) is 14.0. The Morgan fingerprint density at radius 2 is 1.86 bits per heavy atom. The van der Waals surface area contributed by atoms with Crippen molar-refractivity contribution in [2.45, 2.75) is 68.9 Å². The monoisotopic (exact) mass is 517 g/mol. The molecule has 0 saturated carbocycles. The third kappa shape index (κ3) is 4.38. The highest BCUT2D eigenvalue weighted by atomic mass is 32.2. The van der Waals surface area contributed by atoms with E-state index in [1.165, 1.54) is 0 Å². The Morgan fingerprint density at radius 1 is 1.17 bits per heavy atom. The molecule has 2 bridgehead atoms. The summed E-state index contributed by atoms with van der Waals surface area (Å²) in [5, 5.41) is 12.4. The minimum Gasteiger partial charge on any atom is -0.466 e. The van der Waals surface area contributed by atoms with Gasteiger partial charge in [0.05, 0.1) is 23.2 Å². The smallest absolute Gasteiger partial charge is 0.311 e. The molecule has 0 radical (unpaired) electrons. The number of anilines is 2. The quantitative estimate of drug-likeness (QED) is 0.343. The van der Waals surface area contributed by atoms with E-state index in [-0.39, 0.29) is 31.0 Å². The molecule has 36 heavy (non-hydrogen) atoms. The van der Waals surface area contributed by atoms with E-state index >= 15 is 0 Å². The number of likely N-dealkylation sites (tertiary alicyclic amines) is 1. The summed E-state index contributed by atoms with van der Waals surface area (Å²) in [6.07, 6.45) is 2.61. The molecule has 198 valence electrons. The summed E-state index contributed by atoms with van der Waals surface area (Å²) in [4.78, 5) is 44.7. The van der Waals surface area contributed by atoms with Gasteiger partial charge in [-0.1, -0.05) is 0 Å². The van der Waals surface area contributed by atoms with Crippen LogP contribution in [0.3, 0.4) is 0 Å². The summed E-state index contributed by atoms with van der Waals surface area (Å²) in [6, 6.07) is 7.11. The van der Waals surface area contributed by atoms with Gasteiger partial charge >= 0.3 is 5.97 Å². The molecule has 0 aliphatic carbocycles. The Kier molecular flexibility index (Phi) is 7.90. The van der Waals surface area contributed by atoms with Crippen molar-refractivity contribution < 1.29 is 24.2 Å². The molecule has 3 fully saturated rings. The maximum atomic E-state index is 13.9. The molecule has 1 spiro atoms. The number of thioether (sulfide) groups is 1. The first-order valence-electron chi connectivity index (χ1n) is 13.2. The molecule has 9 heteroatoms. The Labute approximate surface area is 218 Å². The number of unbranched alkanes of at least 4 members (excludes halogenated alkanes) is 1. The number of benzene rings is 1. The van der Waals surface area contributed by atoms with Crippen molar-refractivity contribution in [1.29, 1.82) is 0 Å². The number of aliphatic hydroxyl groups excluding tert-OH is 1. The summed E-state index contributed by atoms with van der Waals surface area (Å²) in [5.74, 6) is -1.83. The average Bonchev–Trinajstić information content (AvgIpc) is 3.42. The van der Waals surface area contributed by atoms with Crippen LogP contribution in [0, 0.1) is 11.8 Å². The van der Waals surface area contributed by atoms with E-state index in [1.54, 1.807) is 23.6 Å². The molecule has 3 saturated heterocycles. The second kappa shape index (κ2) is 10.6. The normalized spacial score (nSPS) is 30.4. The highest BCUT2D eigenvalue weighted by Crippen LogP contribution is 2.71. The summed E-state index contributed by atoms with van der Waals surface area (Å²) >= 11 is 1.64. The van der Waals surface area contributed by atoms with Gasteiger partial charge in [-0.2, -0.15) is 0 Å². The number of amides is 2. The zero-order valence-electron chi connectivity index (χ0n) is 21.8. The molecule has 1 aromatic carbocycles. The van der Waals surface area contributed by atoms with Crippen molar-refractivity contribution in [3.63, 3.8) is 0 Å². The Hall–Kier alpha value is -2.26. The minimum atomic E-state index is -0.678. The van der Waals surface area contributed by atoms with Crippen LogP contribution in [0.15, 0.2) is 24.3 Å². The number of hydrogen-bond donors (Lipinski definition) is 2. The topological polar surface area (TPSA) is 99.2 Å². The number of nitrogens with one attached hydrogen (secondary N) is 1. The molecule has 2 amide bonds. The fourth-order valence-electron chi connectivity index (χ4n) is 6.51. The first kappa shape index (κ1) is 26.8. The number of rotatable bonds is 11. The highest BCUT2D eigenvalue weighted by Gasteiger charge is 2.77. The van der Waals surface area contributed by atoms with Gasteiger partial charge in [-0.25, -0.2) is 0 Å². The van der Waals surface area contributed by atoms with Gasteiger partial charge in [-0.15, -0.1) is 11.8 Å². The predicted octanol–water partition coefficient (Wildman–Crippen LogP) is 3.29. The van der Waals surface area contributed by atoms with Gasteiger partial charge in [0.2, 0.25) is 11.8 Å². The molecule has 3 aliphatic heterocycles. The largest absolute Gasteiger partial charge is 0.466 e. The van der Waals surface area contributed by atoms with E-state index in [2.05, 4.69) is 24.1 Å². The van der Waals surface area contributed by atoms with Gasteiger partial charge in [0.1, 0.15) is 6.04 Å². The van der Waals surface area contributed by atoms with E-state index in [9.17, 15) is 19.5 Å². The number of carbonyl (C=O) groups excluding carboxylic acids is 3. The summed E-state index contributed by atoms with van der Waals surface area (Å²) in [7, 11) is 0. The summed E-state index contributed by atoms with van der Waals surface area (Å²) < 4.78 is 4.33. The molecule has 8 nitrogen and oxygen atoms in total. The number of carbonyl (C=O) groups is 3. The number of nitrogens with zero attached hydrogens (tertiary/aromatic N) is 2. The van der Waals surface area contributed by atoms with Crippen molar-refractivity contribution in [2.24, 2.45) is 11.8 Å². The number of ether oxygens (including phenoxy) is 1. The van der Waals surface area contributed by atoms with Crippen molar-refractivity contribution in [3.8, 4) is 0 Å². The van der Waals surface area contributed by atoms with E-state index in [1.807, 2.05) is 31.2 Å². The van der Waals surface area contributed by atoms with Crippen molar-refractivity contribution in [3.05, 3.63) is 24.3 Å². The van der Waals surface area contributed by atoms with E-state index < -0.39 is 27.4 Å². The molecular formula is C27H39N3O5S. The molecule has 2 unspecified atom stereocenters. The highest BCUT2D eigenvalue weighted by molar-refractivity contribution is 8.02. The molecule has 1 aromatic rings. The molecule has 2 N–H and O–H groups in total. The van der Waals surface area contributed by atoms with Crippen LogP contribution in [0.25, 0.3) is 0 Å². The lowest BCUT2D eigenvalue weighted by molar-refractivity contribution is -0.155. The molecule has 5 atom stereocenters.